The van der Waals surface area contributed by atoms with Crippen LogP contribution in [0.4, 0.5) is 0 Å². The number of nitrogens with one attached hydrogen (secondary N) is 1. The largest absolute Gasteiger partial charge is 0.458 e. The Kier molecular flexibility index (Phi) is 4.13. The summed E-state index contributed by atoms with van der Waals surface area (Å²) in [5.74, 6) is 0.948. The third-order valence-electron chi connectivity index (χ3n) is 2.76. The first-order chi connectivity index (χ1) is 8.15. The fourth-order valence-electron chi connectivity index (χ4n) is 1.96. The van der Waals surface area contributed by atoms with Gasteiger partial charge in [-0.1, -0.05) is 41.4 Å². The first-order valence-corrected chi connectivity index (χ1v) is 6.94. The van der Waals surface area contributed by atoms with Gasteiger partial charge in [0.2, 0.25) is 0 Å². The lowest BCUT2D eigenvalue weighted by atomic mass is 10.1. The van der Waals surface area contributed by atoms with Gasteiger partial charge in [0, 0.05) is 9.86 Å². The maximum Gasteiger partial charge on any atom is 0.153 e. The Bertz CT molecular complexity index is 523. The third kappa shape index (κ3) is 2.67. The number of furan rings is 1. The summed E-state index contributed by atoms with van der Waals surface area (Å²) >= 11 is 9.59. The van der Waals surface area contributed by atoms with E-state index >= 15 is 0 Å². The van der Waals surface area contributed by atoms with E-state index in [9.17, 15) is 0 Å². The van der Waals surface area contributed by atoms with Crippen LogP contribution in [0.3, 0.4) is 0 Å². The van der Waals surface area contributed by atoms with Crippen LogP contribution in [0.5, 0.6) is 0 Å². The maximum atomic E-state index is 6.16. The van der Waals surface area contributed by atoms with Gasteiger partial charge in [-0.05, 0) is 31.2 Å². The van der Waals surface area contributed by atoms with Gasteiger partial charge in [-0.3, -0.25) is 0 Å². The molecular formula is C13H15BrClNO. The Balaban J connectivity index is 2.46. The minimum atomic E-state index is 0.252. The Hall–Kier alpha value is -0.510. The molecule has 1 aromatic carbocycles. The van der Waals surface area contributed by atoms with Crippen molar-refractivity contribution < 1.29 is 4.42 Å². The van der Waals surface area contributed by atoms with Gasteiger partial charge in [-0.15, -0.1) is 0 Å². The van der Waals surface area contributed by atoms with E-state index in [1.807, 2.05) is 12.1 Å². The van der Waals surface area contributed by atoms with Gasteiger partial charge in [-0.2, -0.15) is 0 Å². The highest BCUT2D eigenvalue weighted by Gasteiger charge is 2.15. The second-order valence-corrected chi connectivity index (χ2v) is 5.30. The minimum Gasteiger partial charge on any atom is -0.458 e. The highest BCUT2D eigenvalue weighted by atomic mass is 79.9. The topological polar surface area (TPSA) is 25.2 Å². The first-order valence-electron chi connectivity index (χ1n) is 5.77. The van der Waals surface area contributed by atoms with Crippen molar-refractivity contribution in [3.63, 3.8) is 0 Å². The molecule has 1 aromatic heterocycles. The van der Waals surface area contributed by atoms with Crippen LogP contribution in [-0.4, -0.2) is 6.54 Å². The molecule has 4 heteroatoms. The summed E-state index contributed by atoms with van der Waals surface area (Å²) in [6, 6.07) is 6.18. The fourth-order valence-corrected chi connectivity index (χ4v) is 2.83. The summed E-state index contributed by atoms with van der Waals surface area (Å²) in [6.45, 7) is 5.15. The number of hydrogen-bond donors (Lipinski definition) is 1. The van der Waals surface area contributed by atoms with E-state index in [0.29, 0.717) is 5.02 Å². The van der Waals surface area contributed by atoms with Gasteiger partial charge in [0.1, 0.15) is 5.76 Å². The van der Waals surface area contributed by atoms with Crippen LogP contribution < -0.4 is 5.32 Å². The fraction of sp³-hybridized carbons (Fsp3) is 0.385. The van der Waals surface area contributed by atoms with E-state index in [1.165, 1.54) is 0 Å². The molecule has 0 saturated carbocycles. The van der Waals surface area contributed by atoms with Gasteiger partial charge < -0.3 is 9.73 Å². The molecule has 0 aliphatic carbocycles. The average molecular weight is 317 g/mol. The van der Waals surface area contributed by atoms with Crippen molar-refractivity contribution in [3.8, 4) is 0 Å². The molecule has 0 radical (unpaired) electrons. The van der Waals surface area contributed by atoms with Gasteiger partial charge in [0.15, 0.2) is 5.58 Å². The number of halogens is 2. The smallest absolute Gasteiger partial charge is 0.153 e. The summed E-state index contributed by atoms with van der Waals surface area (Å²) in [6.07, 6.45) is 0.993. The van der Waals surface area contributed by atoms with Crippen LogP contribution in [0.25, 0.3) is 11.0 Å². The van der Waals surface area contributed by atoms with Crippen LogP contribution >= 0.6 is 27.5 Å². The van der Waals surface area contributed by atoms with Crippen LogP contribution in [0.15, 0.2) is 27.1 Å². The second-order valence-electron chi connectivity index (χ2n) is 3.97. The van der Waals surface area contributed by atoms with Crippen molar-refractivity contribution in [3.05, 3.63) is 33.5 Å². The summed E-state index contributed by atoms with van der Waals surface area (Å²) in [5.41, 5.74) is 0.765. The Labute approximate surface area is 114 Å². The molecule has 1 heterocycles. The molecule has 0 saturated heterocycles. The lowest BCUT2D eigenvalue weighted by molar-refractivity contribution is 0.428. The molecule has 2 aromatic rings. The number of benzene rings is 1. The van der Waals surface area contributed by atoms with E-state index in [2.05, 4.69) is 41.2 Å². The van der Waals surface area contributed by atoms with Crippen LogP contribution in [0, 0.1) is 0 Å². The SMILES string of the molecule is CCNC(CC)c1cc2cc(Br)cc(Cl)c2o1. The van der Waals surface area contributed by atoms with E-state index in [1.54, 1.807) is 0 Å². The minimum absolute atomic E-state index is 0.252. The molecule has 1 atom stereocenters. The molecule has 0 spiro atoms. The zero-order valence-corrected chi connectivity index (χ0v) is 12.2. The normalized spacial score (nSPS) is 13.2. The summed E-state index contributed by atoms with van der Waals surface area (Å²) < 4.78 is 6.82. The first kappa shape index (κ1) is 12.9. The Morgan fingerprint density at radius 2 is 2.12 bits per heavy atom. The lowest BCUT2D eigenvalue weighted by Crippen LogP contribution is -2.19. The van der Waals surface area contributed by atoms with E-state index in [4.69, 9.17) is 16.0 Å². The van der Waals surface area contributed by atoms with Gasteiger partial charge in [0.05, 0.1) is 11.1 Å². The molecular weight excluding hydrogens is 302 g/mol. The average Bonchev–Trinajstić information content (AvgIpc) is 2.69. The van der Waals surface area contributed by atoms with Crippen molar-refractivity contribution >= 4 is 38.5 Å². The van der Waals surface area contributed by atoms with Crippen LogP contribution in [-0.2, 0) is 0 Å². The molecule has 0 amide bonds. The molecule has 0 aliphatic heterocycles. The number of fused-ring (bicyclic) bond motifs is 1. The van der Waals surface area contributed by atoms with Crippen LogP contribution in [0.2, 0.25) is 5.02 Å². The summed E-state index contributed by atoms with van der Waals surface area (Å²) in [5, 5.41) is 5.08. The maximum absolute atomic E-state index is 6.16. The van der Waals surface area contributed by atoms with Crippen LogP contribution in [0.1, 0.15) is 32.1 Å². The standard InChI is InChI=1S/C13H15BrClNO/c1-3-11(16-4-2)12-6-8-5-9(14)7-10(15)13(8)17-12/h5-7,11,16H,3-4H2,1-2H3. The predicted molar refractivity (Wildman–Crippen MR) is 75.6 cm³/mol. The quantitative estimate of drug-likeness (QED) is 0.867. The number of rotatable bonds is 4. The second kappa shape index (κ2) is 5.42. The molecule has 1 N–H and O–H groups in total. The summed E-state index contributed by atoms with van der Waals surface area (Å²) in [4.78, 5) is 0. The highest BCUT2D eigenvalue weighted by molar-refractivity contribution is 9.10. The van der Waals surface area contributed by atoms with Crippen molar-refractivity contribution in [2.45, 2.75) is 26.3 Å². The summed E-state index contributed by atoms with van der Waals surface area (Å²) in [7, 11) is 0. The van der Waals surface area contributed by atoms with Crippen molar-refractivity contribution in [1.29, 1.82) is 0 Å². The Morgan fingerprint density at radius 3 is 2.76 bits per heavy atom. The predicted octanol–water partition coefficient (Wildman–Crippen LogP) is 4.91. The molecule has 2 rings (SSSR count). The lowest BCUT2D eigenvalue weighted by Gasteiger charge is -2.11. The van der Waals surface area contributed by atoms with E-state index in [-0.39, 0.29) is 6.04 Å². The van der Waals surface area contributed by atoms with Gasteiger partial charge in [0.25, 0.3) is 0 Å². The molecule has 0 aliphatic rings. The van der Waals surface area contributed by atoms with E-state index < -0.39 is 0 Å². The van der Waals surface area contributed by atoms with E-state index in [0.717, 1.165) is 34.2 Å². The molecule has 1 unspecified atom stereocenters. The molecule has 0 bridgehead atoms. The van der Waals surface area contributed by atoms with Gasteiger partial charge in [-0.25, -0.2) is 0 Å². The molecule has 2 nitrogen and oxygen atoms in total. The highest BCUT2D eigenvalue weighted by Crippen LogP contribution is 2.33. The third-order valence-corrected chi connectivity index (χ3v) is 3.50. The van der Waals surface area contributed by atoms with Gasteiger partial charge >= 0.3 is 0 Å². The molecule has 92 valence electrons. The molecule has 0 fully saturated rings. The zero-order chi connectivity index (χ0) is 12.4. The van der Waals surface area contributed by atoms with Crippen molar-refractivity contribution in [2.24, 2.45) is 0 Å². The zero-order valence-electron chi connectivity index (χ0n) is 9.89. The van der Waals surface area contributed by atoms with Crippen molar-refractivity contribution in [2.75, 3.05) is 6.54 Å². The Morgan fingerprint density at radius 1 is 1.35 bits per heavy atom. The molecule has 17 heavy (non-hydrogen) atoms. The number of hydrogen-bond acceptors (Lipinski definition) is 2. The van der Waals surface area contributed by atoms with Crippen molar-refractivity contribution in [1.82, 2.24) is 5.32 Å². The monoisotopic (exact) mass is 315 g/mol.